The molecule has 0 amide bonds. The normalized spacial score (nSPS) is 13.0. The first kappa shape index (κ1) is 22.3. The molecule has 0 spiro atoms. The van der Waals surface area contributed by atoms with Crippen molar-refractivity contribution >= 4 is 65.0 Å². The highest BCUT2D eigenvalue weighted by molar-refractivity contribution is 6.22. The van der Waals surface area contributed by atoms with Crippen LogP contribution < -0.4 is 0 Å². The Morgan fingerprint density at radius 1 is 0.362 bits per heavy atom. The van der Waals surface area contributed by atoms with Crippen molar-refractivity contribution in [3.05, 3.63) is 170 Å². The summed E-state index contributed by atoms with van der Waals surface area (Å²) < 4.78 is 45.1. The first-order valence-corrected chi connectivity index (χ1v) is 15.9. The summed E-state index contributed by atoms with van der Waals surface area (Å²) in [7, 11) is 0. The summed E-state index contributed by atoms with van der Waals surface area (Å²) in [5.74, 6) is 0. The second kappa shape index (κ2) is 10.2. The van der Waals surface area contributed by atoms with E-state index < -0.39 is 0 Å². The van der Waals surface area contributed by atoms with Crippen LogP contribution in [0.3, 0.4) is 0 Å². The predicted octanol–water partition coefficient (Wildman–Crippen LogP) is 13.2. The van der Waals surface area contributed by atoms with Crippen LogP contribution in [0, 0.1) is 0 Å². The molecule has 0 fully saturated rings. The molecule has 1 heterocycles. The Kier molecular flexibility index (Phi) is 4.83. The molecule has 0 bridgehead atoms. The molecule has 0 aliphatic heterocycles. The summed E-state index contributed by atoms with van der Waals surface area (Å²) >= 11 is 0. The van der Waals surface area contributed by atoms with Crippen LogP contribution in [0.15, 0.2) is 174 Å². The van der Waals surface area contributed by atoms with Gasteiger partial charge in [0, 0.05) is 21.7 Å². The minimum atomic E-state index is -0.0863. The van der Waals surface area contributed by atoms with E-state index in [4.69, 9.17) is 4.42 Å². The molecule has 0 unspecified atom stereocenters. The Hall–Kier alpha value is -6.18. The smallest absolute Gasteiger partial charge is 0.143 e. The minimum Gasteiger partial charge on any atom is -0.455 e. The fourth-order valence-electron chi connectivity index (χ4n) is 7.32. The van der Waals surface area contributed by atoms with Crippen molar-refractivity contribution in [3.8, 4) is 33.4 Å². The second-order valence-electron chi connectivity index (χ2n) is 12.1. The summed E-state index contributed by atoms with van der Waals surface area (Å²) in [6.45, 7) is 0. The van der Waals surface area contributed by atoms with Crippen LogP contribution in [0.1, 0.15) is 5.48 Å². The van der Waals surface area contributed by atoms with Crippen molar-refractivity contribution < 1.29 is 9.90 Å². The van der Waals surface area contributed by atoms with Gasteiger partial charge >= 0.3 is 0 Å². The van der Waals surface area contributed by atoms with Crippen molar-refractivity contribution in [1.29, 1.82) is 0 Å². The van der Waals surface area contributed by atoms with Crippen LogP contribution in [0.2, 0.25) is 0 Å². The van der Waals surface area contributed by atoms with Gasteiger partial charge in [-0.2, -0.15) is 0 Å². The second-order valence-corrected chi connectivity index (χ2v) is 12.1. The summed E-state index contributed by atoms with van der Waals surface area (Å²) in [5.41, 5.74) is 5.14. The summed E-state index contributed by atoms with van der Waals surface area (Å²) in [6, 6.07) is 48.4. The third-order valence-electron chi connectivity index (χ3n) is 9.51. The highest BCUT2D eigenvalue weighted by atomic mass is 16.3. The number of hydrogen-bond acceptors (Lipinski definition) is 1. The molecule has 10 rings (SSSR count). The molecule has 1 nitrogen and oxygen atoms in total. The molecule has 0 radical (unpaired) electrons. The quantitative estimate of drug-likeness (QED) is 0.145. The van der Waals surface area contributed by atoms with Crippen molar-refractivity contribution in [2.24, 2.45) is 0 Å². The van der Waals surface area contributed by atoms with Crippen molar-refractivity contribution in [3.63, 3.8) is 0 Å². The van der Waals surface area contributed by atoms with E-state index in [-0.39, 0.29) is 29.7 Å². The maximum atomic E-state index is 9.58. The lowest BCUT2D eigenvalue weighted by Gasteiger charge is -2.15. The Morgan fingerprint density at radius 2 is 0.957 bits per heavy atom. The van der Waals surface area contributed by atoms with E-state index in [0.717, 1.165) is 70.6 Å². The van der Waals surface area contributed by atoms with E-state index in [1.807, 2.05) is 109 Å². The first-order chi connectivity index (χ1) is 25.0. The van der Waals surface area contributed by atoms with Gasteiger partial charge in [-0.1, -0.05) is 152 Å². The van der Waals surface area contributed by atoms with Gasteiger partial charge in [0.1, 0.15) is 11.2 Å². The molecule has 1 heteroatoms. The van der Waals surface area contributed by atoms with Gasteiger partial charge in [0.15, 0.2) is 0 Å². The van der Waals surface area contributed by atoms with Crippen molar-refractivity contribution in [2.75, 3.05) is 0 Å². The molecule has 0 saturated heterocycles. The lowest BCUT2D eigenvalue weighted by Crippen LogP contribution is -1.88. The lowest BCUT2D eigenvalue weighted by atomic mass is 9.88. The van der Waals surface area contributed by atoms with Gasteiger partial charge in [-0.3, -0.25) is 0 Å². The minimum absolute atomic E-state index is 0.0738. The van der Waals surface area contributed by atoms with E-state index in [1.54, 1.807) is 0 Å². The van der Waals surface area contributed by atoms with Crippen LogP contribution in [0.5, 0.6) is 0 Å². The number of rotatable bonds is 3. The Labute approximate surface area is 277 Å². The molecule has 1 aromatic heterocycles. The number of hydrogen-bond donors (Lipinski definition) is 0. The molecule has 9 aromatic carbocycles. The molecule has 10 aromatic rings. The van der Waals surface area contributed by atoms with E-state index in [2.05, 4.69) is 36.4 Å². The third-order valence-corrected chi connectivity index (χ3v) is 9.51. The zero-order valence-electron chi connectivity index (χ0n) is 29.3. The van der Waals surface area contributed by atoms with Gasteiger partial charge in [-0.15, -0.1) is 0 Å². The Balaban J connectivity index is 1.31. The van der Waals surface area contributed by atoms with Gasteiger partial charge in [0.2, 0.25) is 0 Å². The molecule has 0 aliphatic rings. The predicted molar refractivity (Wildman–Crippen MR) is 200 cm³/mol. The first-order valence-electron chi connectivity index (χ1n) is 17.9. The molecule has 0 aliphatic carbocycles. The summed E-state index contributed by atoms with van der Waals surface area (Å²) in [6.07, 6.45) is 0. The average Bonchev–Trinajstić information content (AvgIpc) is 3.58. The van der Waals surface area contributed by atoms with E-state index in [0.29, 0.717) is 22.3 Å². The van der Waals surface area contributed by atoms with Crippen LogP contribution in [-0.2, 0) is 0 Å². The van der Waals surface area contributed by atoms with Gasteiger partial charge in [0.25, 0.3) is 0 Å². The maximum absolute atomic E-state index is 9.58. The van der Waals surface area contributed by atoms with Crippen molar-refractivity contribution in [2.45, 2.75) is 0 Å². The van der Waals surface area contributed by atoms with Crippen LogP contribution in [-0.4, -0.2) is 0 Å². The summed E-state index contributed by atoms with van der Waals surface area (Å²) in [4.78, 5) is 0. The zero-order valence-corrected chi connectivity index (χ0v) is 25.3. The van der Waals surface area contributed by atoms with Gasteiger partial charge in [0.05, 0.1) is 5.48 Å². The molecule has 218 valence electrons. The van der Waals surface area contributed by atoms with E-state index in [9.17, 15) is 5.48 Å². The third kappa shape index (κ3) is 3.97. The fourth-order valence-corrected chi connectivity index (χ4v) is 7.32. The van der Waals surface area contributed by atoms with E-state index >= 15 is 0 Å². The van der Waals surface area contributed by atoms with Gasteiger partial charge in [-0.05, 0) is 83.7 Å². The highest BCUT2D eigenvalue weighted by Crippen LogP contribution is 2.45. The number of benzene rings is 9. The van der Waals surface area contributed by atoms with Crippen molar-refractivity contribution in [1.82, 2.24) is 0 Å². The molecule has 47 heavy (non-hydrogen) atoms. The molecular formula is C46H28O. The van der Waals surface area contributed by atoms with Gasteiger partial charge in [-0.25, -0.2) is 0 Å². The SMILES string of the molecule is [2H]c1c([2H])c(-c2ccc(-c3ccccc3)c3oc4c5ccccc5ccc4c23)c([2H])c([2H])c1-c1c2ccccc2cc2c1ccc1ccccc12. The molecule has 0 N–H and O–H groups in total. The van der Waals surface area contributed by atoms with Gasteiger partial charge < -0.3 is 4.42 Å². The van der Waals surface area contributed by atoms with Crippen LogP contribution >= 0.6 is 0 Å². The Bertz CT molecular complexity index is 3040. The molecular weight excluding hydrogens is 569 g/mol. The fraction of sp³-hybridized carbons (Fsp3) is 0. The Morgan fingerprint density at radius 3 is 1.74 bits per heavy atom. The topological polar surface area (TPSA) is 13.1 Å². The molecule has 0 atom stereocenters. The number of furan rings is 1. The number of fused-ring (bicyclic) bond motifs is 9. The molecule has 0 saturated carbocycles. The lowest BCUT2D eigenvalue weighted by molar-refractivity contribution is 0.674. The standard InChI is InChI=1S/C46H28O/c1-2-10-29(11-3-1)39-27-26-37(44-41-25-23-31-13-5-9-17-38(31)45(41)47-46(39)44)32-18-20-33(21-19-32)43-36-16-8-6-14-34(36)28-42-35-15-7-4-12-30(35)22-24-40(42)43/h1-28H/i18D,19D,20D,21D. The zero-order chi connectivity index (χ0) is 34.4. The maximum Gasteiger partial charge on any atom is 0.143 e. The van der Waals surface area contributed by atoms with Crippen LogP contribution in [0.4, 0.5) is 0 Å². The van der Waals surface area contributed by atoms with E-state index in [1.165, 1.54) is 0 Å². The average molecular weight is 601 g/mol. The largest absolute Gasteiger partial charge is 0.455 e. The van der Waals surface area contributed by atoms with Crippen LogP contribution in [0.25, 0.3) is 98.4 Å². The summed E-state index contributed by atoms with van der Waals surface area (Å²) in [5, 5.41) is 9.61. The highest BCUT2D eigenvalue weighted by Gasteiger charge is 2.19. The monoisotopic (exact) mass is 600 g/mol.